The van der Waals surface area contributed by atoms with E-state index in [1.807, 2.05) is 0 Å². The van der Waals surface area contributed by atoms with Crippen LogP contribution in [0.1, 0.15) is 13.3 Å². The summed E-state index contributed by atoms with van der Waals surface area (Å²) in [4.78, 5) is 19.4. The van der Waals surface area contributed by atoms with E-state index in [-0.39, 0.29) is 32.7 Å². The fourth-order valence-corrected chi connectivity index (χ4v) is 2.51. The van der Waals surface area contributed by atoms with E-state index in [2.05, 4.69) is 0 Å². The monoisotopic (exact) mass is 227 g/mol. The van der Waals surface area contributed by atoms with Crippen LogP contribution in [0.15, 0.2) is 0 Å². The molecule has 4 N–H and O–H groups in total. The maximum atomic E-state index is 11.0. The van der Waals surface area contributed by atoms with Gasteiger partial charge < -0.3 is 20.0 Å². The number of aliphatic hydroxyl groups excluding tert-OH is 2. The van der Waals surface area contributed by atoms with Crippen molar-refractivity contribution in [3.8, 4) is 0 Å². The SMILES string of the molecule is CCC(N(CCO)CCO)P(=O)(O)O. The van der Waals surface area contributed by atoms with Gasteiger partial charge in [0, 0.05) is 13.1 Å². The third kappa shape index (κ3) is 4.50. The zero-order valence-electron chi connectivity index (χ0n) is 8.20. The average Bonchev–Trinajstić information content (AvgIpc) is 2.03. The molecule has 0 aliphatic rings. The van der Waals surface area contributed by atoms with Crippen molar-refractivity contribution in [3.05, 3.63) is 0 Å². The third-order valence-corrected chi connectivity index (χ3v) is 3.42. The molecule has 14 heavy (non-hydrogen) atoms. The maximum Gasteiger partial charge on any atom is 0.342 e. The lowest BCUT2D eigenvalue weighted by Gasteiger charge is -2.29. The summed E-state index contributed by atoms with van der Waals surface area (Å²) in [5, 5.41) is 17.4. The summed E-state index contributed by atoms with van der Waals surface area (Å²) in [7, 11) is -4.19. The molecule has 0 aliphatic heterocycles. The second-order valence-electron chi connectivity index (χ2n) is 2.96. The molecule has 0 rings (SSSR count). The van der Waals surface area contributed by atoms with E-state index in [1.54, 1.807) is 6.92 Å². The zero-order valence-corrected chi connectivity index (χ0v) is 9.10. The summed E-state index contributed by atoms with van der Waals surface area (Å²) in [6, 6.07) is 0. The molecule has 0 bridgehead atoms. The molecule has 7 heteroatoms. The van der Waals surface area contributed by atoms with Gasteiger partial charge in [0.2, 0.25) is 0 Å². The minimum absolute atomic E-state index is 0.157. The van der Waals surface area contributed by atoms with Crippen molar-refractivity contribution in [2.75, 3.05) is 26.3 Å². The Labute approximate surface area is 83.3 Å². The molecule has 0 heterocycles. The topological polar surface area (TPSA) is 101 Å². The van der Waals surface area contributed by atoms with Crippen molar-refractivity contribution < 1.29 is 24.6 Å². The highest BCUT2D eigenvalue weighted by atomic mass is 31.2. The van der Waals surface area contributed by atoms with E-state index in [1.165, 1.54) is 4.90 Å². The Kier molecular flexibility index (Phi) is 6.52. The standard InChI is InChI=1S/C7H18NO5P/c1-2-7(14(11,12)13)8(3-5-9)4-6-10/h7,9-10H,2-6H2,1H3,(H2,11,12,13). The van der Waals surface area contributed by atoms with Crippen LogP contribution in [-0.2, 0) is 4.57 Å². The van der Waals surface area contributed by atoms with Crippen LogP contribution in [0.3, 0.4) is 0 Å². The van der Waals surface area contributed by atoms with Crippen molar-refractivity contribution in [2.24, 2.45) is 0 Å². The van der Waals surface area contributed by atoms with Gasteiger partial charge in [-0.15, -0.1) is 0 Å². The van der Waals surface area contributed by atoms with E-state index in [4.69, 9.17) is 20.0 Å². The lowest BCUT2D eigenvalue weighted by molar-refractivity contribution is 0.135. The van der Waals surface area contributed by atoms with Crippen LogP contribution in [0.5, 0.6) is 0 Å². The first-order chi connectivity index (χ1) is 6.47. The van der Waals surface area contributed by atoms with Crippen LogP contribution in [0.2, 0.25) is 0 Å². The molecule has 6 nitrogen and oxygen atoms in total. The molecular formula is C7H18NO5P. The molecule has 1 unspecified atom stereocenters. The molecule has 0 spiro atoms. The van der Waals surface area contributed by atoms with Gasteiger partial charge in [0.25, 0.3) is 0 Å². The normalized spacial score (nSPS) is 14.7. The highest BCUT2D eigenvalue weighted by Crippen LogP contribution is 2.44. The molecule has 0 aromatic rings. The first-order valence-corrected chi connectivity index (χ1v) is 6.16. The van der Waals surface area contributed by atoms with Gasteiger partial charge in [-0.1, -0.05) is 6.92 Å². The molecule has 0 aromatic carbocycles. The van der Waals surface area contributed by atoms with Crippen molar-refractivity contribution in [1.82, 2.24) is 4.90 Å². The Balaban J connectivity index is 4.49. The quantitative estimate of drug-likeness (QED) is 0.424. The highest BCUT2D eigenvalue weighted by molar-refractivity contribution is 7.52. The van der Waals surface area contributed by atoms with Crippen LogP contribution >= 0.6 is 7.60 Å². The third-order valence-electron chi connectivity index (χ3n) is 1.95. The Morgan fingerprint density at radius 2 is 1.64 bits per heavy atom. The zero-order chi connectivity index (χ0) is 11.2. The smallest absolute Gasteiger partial charge is 0.342 e. The van der Waals surface area contributed by atoms with Crippen LogP contribution in [0.25, 0.3) is 0 Å². The fourth-order valence-electron chi connectivity index (χ4n) is 1.38. The largest absolute Gasteiger partial charge is 0.395 e. The van der Waals surface area contributed by atoms with Crippen molar-refractivity contribution >= 4 is 7.60 Å². The van der Waals surface area contributed by atoms with Crippen molar-refractivity contribution in [2.45, 2.75) is 19.1 Å². The van der Waals surface area contributed by atoms with E-state index < -0.39 is 13.4 Å². The first-order valence-electron chi connectivity index (χ1n) is 4.48. The predicted octanol–water partition coefficient (Wildman–Crippen LogP) is -0.813. The van der Waals surface area contributed by atoms with E-state index in [0.717, 1.165) is 0 Å². The van der Waals surface area contributed by atoms with E-state index >= 15 is 0 Å². The maximum absolute atomic E-state index is 11.0. The molecule has 0 fully saturated rings. The molecule has 0 aromatic heterocycles. The molecule has 0 aliphatic carbocycles. The Morgan fingerprint density at radius 3 is 1.86 bits per heavy atom. The lowest BCUT2D eigenvalue weighted by Crippen LogP contribution is -2.38. The number of hydrogen-bond donors (Lipinski definition) is 4. The number of hydrogen-bond acceptors (Lipinski definition) is 4. The van der Waals surface area contributed by atoms with Gasteiger partial charge >= 0.3 is 7.60 Å². The summed E-state index contributed by atoms with van der Waals surface area (Å²) >= 11 is 0. The second kappa shape index (κ2) is 6.50. The lowest BCUT2D eigenvalue weighted by atomic mass is 10.4. The molecular weight excluding hydrogens is 209 g/mol. The summed E-state index contributed by atoms with van der Waals surface area (Å²) in [6.45, 7) is 1.60. The van der Waals surface area contributed by atoms with Gasteiger partial charge in [-0.25, -0.2) is 0 Å². The average molecular weight is 227 g/mol. The number of rotatable bonds is 7. The minimum Gasteiger partial charge on any atom is -0.395 e. The van der Waals surface area contributed by atoms with Gasteiger partial charge in [-0.3, -0.25) is 9.46 Å². The van der Waals surface area contributed by atoms with Gasteiger partial charge in [0.15, 0.2) is 0 Å². The van der Waals surface area contributed by atoms with Gasteiger partial charge in [0.1, 0.15) is 5.78 Å². The van der Waals surface area contributed by atoms with Gasteiger partial charge in [-0.05, 0) is 6.42 Å². The number of nitrogens with zero attached hydrogens (tertiary/aromatic N) is 1. The molecule has 0 amide bonds. The molecule has 0 saturated heterocycles. The minimum atomic E-state index is -4.19. The Morgan fingerprint density at radius 1 is 1.21 bits per heavy atom. The Hall–Kier alpha value is 0.0300. The van der Waals surface area contributed by atoms with Crippen LogP contribution in [0, 0.1) is 0 Å². The summed E-state index contributed by atoms with van der Waals surface area (Å²) in [6.07, 6.45) is 0.282. The summed E-state index contributed by atoms with van der Waals surface area (Å²) < 4.78 is 11.0. The highest BCUT2D eigenvalue weighted by Gasteiger charge is 2.32. The fraction of sp³-hybridized carbons (Fsp3) is 1.00. The van der Waals surface area contributed by atoms with Gasteiger partial charge in [0.05, 0.1) is 13.2 Å². The van der Waals surface area contributed by atoms with E-state index in [9.17, 15) is 4.57 Å². The van der Waals surface area contributed by atoms with Crippen LogP contribution < -0.4 is 0 Å². The first kappa shape index (κ1) is 14.0. The Bertz CT molecular complexity index is 189. The van der Waals surface area contributed by atoms with E-state index in [0.29, 0.717) is 0 Å². The van der Waals surface area contributed by atoms with Crippen molar-refractivity contribution in [3.63, 3.8) is 0 Å². The summed E-state index contributed by atoms with van der Waals surface area (Å²) in [5.74, 6) is -0.915. The number of aliphatic hydroxyl groups is 2. The molecule has 1 atom stereocenters. The summed E-state index contributed by atoms with van der Waals surface area (Å²) in [5.41, 5.74) is 0. The van der Waals surface area contributed by atoms with Crippen LogP contribution in [-0.4, -0.2) is 57.0 Å². The van der Waals surface area contributed by atoms with Crippen LogP contribution in [0.4, 0.5) is 0 Å². The van der Waals surface area contributed by atoms with Gasteiger partial charge in [-0.2, -0.15) is 0 Å². The predicted molar refractivity (Wildman–Crippen MR) is 51.9 cm³/mol. The molecule has 0 saturated carbocycles. The molecule has 0 radical (unpaired) electrons. The van der Waals surface area contributed by atoms with Crippen molar-refractivity contribution in [1.29, 1.82) is 0 Å². The molecule has 86 valence electrons. The second-order valence-corrected chi connectivity index (χ2v) is 4.74.